The first-order chi connectivity index (χ1) is 7.74. The van der Waals surface area contributed by atoms with Crippen molar-refractivity contribution in [1.82, 2.24) is 10.3 Å². The standard InChI is InChI=1S/C11H12N2O3/c1-3-7-5-9(12-15-7)11(14)10-6-8(4-2)16-13-10/h5-6H,3-4H2,1-2H3. The third-order valence-electron chi connectivity index (χ3n) is 2.28. The highest BCUT2D eigenvalue weighted by molar-refractivity contribution is 6.06. The zero-order valence-electron chi connectivity index (χ0n) is 9.19. The van der Waals surface area contributed by atoms with Crippen molar-refractivity contribution in [2.24, 2.45) is 0 Å². The van der Waals surface area contributed by atoms with Crippen molar-refractivity contribution in [2.75, 3.05) is 0 Å². The van der Waals surface area contributed by atoms with Gasteiger partial charge in [-0.3, -0.25) is 4.79 Å². The normalized spacial score (nSPS) is 10.6. The van der Waals surface area contributed by atoms with Crippen LogP contribution in [0.25, 0.3) is 0 Å². The molecule has 16 heavy (non-hydrogen) atoms. The molecule has 0 spiro atoms. The van der Waals surface area contributed by atoms with E-state index in [0.29, 0.717) is 24.4 Å². The van der Waals surface area contributed by atoms with Gasteiger partial charge in [0.25, 0.3) is 0 Å². The Morgan fingerprint density at radius 2 is 1.50 bits per heavy atom. The first-order valence-electron chi connectivity index (χ1n) is 5.20. The number of aryl methyl sites for hydroxylation is 2. The van der Waals surface area contributed by atoms with Gasteiger partial charge in [-0.15, -0.1) is 0 Å². The van der Waals surface area contributed by atoms with E-state index in [9.17, 15) is 4.79 Å². The monoisotopic (exact) mass is 220 g/mol. The molecule has 5 nitrogen and oxygen atoms in total. The molecule has 0 aliphatic carbocycles. The molecule has 0 atom stereocenters. The Morgan fingerprint density at radius 3 is 1.81 bits per heavy atom. The van der Waals surface area contributed by atoms with E-state index in [1.165, 1.54) is 0 Å². The summed E-state index contributed by atoms with van der Waals surface area (Å²) in [4.78, 5) is 11.9. The maximum Gasteiger partial charge on any atom is 0.236 e. The fourth-order valence-electron chi connectivity index (χ4n) is 1.30. The van der Waals surface area contributed by atoms with Crippen LogP contribution in [0.5, 0.6) is 0 Å². The van der Waals surface area contributed by atoms with E-state index >= 15 is 0 Å². The second-order valence-corrected chi connectivity index (χ2v) is 3.39. The summed E-state index contributed by atoms with van der Waals surface area (Å²) in [6.45, 7) is 3.86. The van der Waals surface area contributed by atoms with Crippen molar-refractivity contribution in [2.45, 2.75) is 26.7 Å². The van der Waals surface area contributed by atoms with Crippen LogP contribution in [0.3, 0.4) is 0 Å². The molecule has 5 heteroatoms. The highest BCUT2D eigenvalue weighted by Crippen LogP contribution is 2.11. The van der Waals surface area contributed by atoms with E-state index in [1.54, 1.807) is 12.1 Å². The first kappa shape index (κ1) is 10.6. The maximum atomic E-state index is 11.9. The molecule has 0 radical (unpaired) electrons. The minimum absolute atomic E-state index is 0.271. The minimum atomic E-state index is -0.271. The summed E-state index contributed by atoms with van der Waals surface area (Å²) in [7, 11) is 0. The van der Waals surface area contributed by atoms with Gasteiger partial charge in [-0.05, 0) is 0 Å². The number of aromatic nitrogens is 2. The molecule has 0 amide bonds. The van der Waals surface area contributed by atoms with Gasteiger partial charge in [-0.25, -0.2) is 0 Å². The topological polar surface area (TPSA) is 69.1 Å². The van der Waals surface area contributed by atoms with Crippen LogP contribution >= 0.6 is 0 Å². The number of carbonyl (C=O) groups is 1. The van der Waals surface area contributed by atoms with Crippen LogP contribution < -0.4 is 0 Å². The molecule has 2 aromatic rings. The van der Waals surface area contributed by atoms with Crippen molar-refractivity contribution in [3.63, 3.8) is 0 Å². The summed E-state index contributed by atoms with van der Waals surface area (Å²) in [5, 5.41) is 7.38. The fourth-order valence-corrected chi connectivity index (χ4v) is 1.30. The van der Waals surface area contributed by atoms with Gasteiger partial charge < -0.3 is 9.05 Å². The Labute approximate surface area is 92.4 Å². The lowest BCUT2D eigenvalue weighted by Crippen LogP contribution is -2.01. The maximum absolute atomic E-state index is 11.9. The number of hydrogen-bond acceptors (Lipinski definition) is 5. The molecule has 0 aromatic carbocycles. The lowest BCUT2D eigenvalue weighted by atomic mass is 10.2. The molecular formula is C11H12N2O3. The van der Waals surface area contributed by atoms with E-state index in [-0.39, 0.29) is 17.2 Å². The van der Waals surface area contributed by atoms with Gasteiger partial charge in [0.1, 0.15) is 11.5 Å². The van der Waals surface area contributed by atoms with Crippen LogP contribution in [0.1, 0.15) is 41.6 Å². The van der Waals surface area contributed by atoms with Gasteiger partial charge in [0, 0.05) is 25.0 Å². The third kappa shape index (κ3) is 1.88. The molecule has 0 unspecified atom stereocenters. The van der Waals surface area contributed by atoms with Crippen molar-refractivity contribution < 1.29 is 13.8 Å². The summed E-state index contributed by atoms with van der Waals surface area (Å²) in [6, 6.07) is 3.26. The number of hydrogen-bond donors (Lipinski definition) is 0. The van der Waals surface area contributed by atoms with Gasteiger partial charge in [-0.1, -0.05) is 24.2 Å². The van der Waals surface area contributed by atoms with Crippen molar-refractivity contribution in [3.8, 4) is 0 Å². The van der Waals surface area contributed by atoms with Crippen LogP contribution in [-0.4, -0.2) is 16.1 Å². The van der Waals surface area contributed by atoms with Crippen LogP contribution in [0, 0.1) is 0 Å². The van der Waals surface area contributed by atoms with Crippen molar-refractivity contribution in [1.29, 1.82) is 0 Å². The highest BCUT2D eigenvalue weighted by Gasteiger charge is 2.18. The summed E-state index contributed by atoms with van der Waals surface area (Å²) >= 11 is 0. The number of ketones is 1. The van der Waals surface area contributed by atoms with Crippen molar-refractivity contribution in [3.05, 3.63) is 35.0 Å². The minimum Gasteiger partial charge on any atom is -0.361 e. The molecule has 0 fully saturated rings. The summed E-state index contributed by atoms with van der Waals surface area (Å²) in [5.41, 5.74) is 0.542. The molecule has 2 rings (SSSR count). The average molecular weight is 220 g/mol. The number of rotatable bonds is 4. The Kier molecular flexibility index (Phi) is 2.85. The first-order valence-corrected chi connectivity index (χ1v) is 5.20. The second-order valence-electron chi connectivity index (χ2n) is 3.39. The van der Waals surface area contributed by atoms with Crippen molar-refractivity contribution >= 4 is 5.78 Å². The summed E-state index contributed by atoms with van der Waals surface area (Å²) in [6.07, 6.45) is 1.42. The van der Waals surface area contributed by atoms with E-state index in [1.807, 2.05) is 13.8 Å². The zero-order chi connectivity index (χ0) is 11.5. The fraction of sp³-hybridized carbons (Fsp3) is 0.364. The smallest absolute Gasteiger partial charge is 0.236 e. The van der Waals surface area contributed by atoms with Gasteiger partial charge in [0.05, 0.1) is 0 Å². The zero-order valence-corrected chi connectivity index (χ0v) is 9.19. The lowest BCUT2D eigenvalue weighted by molar-refractivity contribution is 0.102. The largest absolute Gasteiger partial charge is 0.361 e. The molecule has 2 heterocycles. The molecule has 0 saturated carbocycles. The molecular weight excluding hydrogens is 208 g/mol. The van der Waals surface area contributed by atoms with Crippen LogP contribution in [0.15, 0.2) is 21.2 Å². The highest BCUT2D eigenvalue weighted by atomic mass is 16.5. The van der Waals surface area contributed by atoms with E-state index in [0.717, 1.165) is 0 Å². The predicted molar refractivity (Wildman–Crippen MR) is 55.2 cm³/mol. The Morgan fingerprint density at radius 1 is 1.06 bits per heavy atom. The van der Waals surface area contributed by atoms with E-state index in [2.05, 4.69) is 10.3 Å². The molecule has 0 N–H and O–H groups in total. The van der Waals surface area contributed by atoms with Crippen LogP contribution in [0.4, 0.5) is 0 Å². The SMILES string of the molecule is CCc1cc(C(=O)c2cc(CC)on2)no1. The Bertz CT molecular complexity index is 455. The molecule has 2 aromatic heterocycles. The molecule has 0 aliphatic rings. The lowest BCUT2D eigenvalue weighted by Gasteiger charge is -1.85. The third-order valence-corrected chi connectivity index (χ3v) is 2.28. The molecule has 0 saturated heterocycles. The summed E-state index contributed by atoms with van der Waals surface area (Å²) < 4.78 is 9.92. The Hall–Kier alpha value is -1.91. The second kappa shape index (κ2) is 4.30. The van der Waals surface area contributed by atoms with Gasteiger partial charge in [0.2, 0.25) is 5.78 Å². The molecule has 84 valence electrons. The van der Waals surface area contributed by atoms with Crippen LogP contribution in [0.2, 0.25) is 0 Å². The van der Waals surface area contributed by atoms with Gasteiger partial charge >= 0.3 is 0 Å². The average Bonchev–Trinajstić information content (AvgIpc) is 2.97. The van der Waals surface area contributed by atoms with E-state index in [4.69, 9.17) is 9.05 Å². The Balaban J connectivity index is 2.24. The molecule has 0 bridgehead atoms. The molecule has 0 aliphatic heterocycles. The number of carbonyl (C=O) groups excluding carboxylic acids is 1. The quantitative estimate of drug-likeness (QED) is 0.737. The van der Waals surface area contributed by atoms with Gasteiger partial charge in [0.15, 0.2) is 11.4 Å². The number of nitrogens with zero attached hydrogens (tertiary/aromatic N) is 2. The van der Waals surface area contributed by atoms with Gasteiger partial charge in [-0.2, -0.15) is 0 Å². The summed E-state index contributed by atoms with van der Waals surface area (Å²) in [5.74, 6) is 1.09. The van der Waals surface area contributed by atoms with E-state index < -0.39 is 0 Å². The van der Waals surface area contributed by atoms with Crippen LogP contribution in [-0.2, 0) is 12.8 Å². The predicted octanol–water partition coefficient (Wildman–Crippen LogP) is 2.02.